The van der Waals surface area contributed by atoms with Gasteiger partial charge in [-0.2, -0.15) is 0 Å². The zero-order valence-electron chi connectivity index (χ0n) is 31.9. The van der Waals surface area contributed by atoms with Gasteiger partial charge in [-0.15, -0.1) is 0 Å². The summed E-state index contributed by atoms with van der Waals surface area (Å²) in [6, 6.07) is 74.7. The van der Waals surface area contributed by atoms with Crippen LogP contribution in [0.4, 0.5) is 11.4 Å². The summed E-state index contributed by atoms with van der Waals surface area (Å²) in [5, 5.41) is 2.55. The van der Waals surface area contributed by atoms with Gasteiger partial charge in [0.15, 0.2) is 0 Å². The summed E-state index contributed by atoms with van der Waals surface area (Å²) in [5.74, 6) is 0.231. The van der Waals surface area contributed by atoms with Gasteiger partial charge in [0, 0.05) is 27.8 Å². The highest BCUT2D eigenvalue weighted by Gasteiger charge is 2.26. The Balaban J connectivity index is 1.01. The summed E-state index contributed by atoms with van der Waals surface area (Å²) in [5.41, 5.74) is 15.7. The summed E-state index contributed by atoms with van der Waals surface area (Å²) in [6.07, 6.45) is 7.17. The van der Waals surface area contributed by atoms with E-state index >= 15 is 0 Å². The molecular weight excluding hydrogens is 689 g/mol. The highest BCUT2D eigenvalue weighted by Crippen LogP contribution is 2.40. The molecule has 0 fully saturated rings. The lowest BCUT2D eigenvalue weighted by Gasteiger charge is -2.37. The standard InChI is InChI=1S/C55H42N2/c1-39-37-45(44-19-14-20-48(38-44)57-54-25-12-10-23-51(54)52-24-11-13-26-55(52)57)31-36-53(39)56(46-32-27-41(28-33-46)40-15-4-2-5-16-40)47-34-29-43(30-35-47)50-22-9-8-21-49(50)42-17-6-3-7-18-42/h2-39,53H,1H3. The summed E-state index contributed by atoms with van der Waals surface area (Å²) >= 11 is 0. The molecule has 1 heterocycles. The average molecular weight is 731 g/mol. The number of benzene rings is 8. The van der Waals surface area contributed by atoms with Crippen LogP contribution in [0.5, 0.6) is 0 Å². The van der Waals surface area contributed by atoms with Gasteiger partial charge in [0.1, 0.15) is 0 Å². The predicted molar refractivity (Wildman–Crippen MR) is 242 cm³/mol. The van der Waals surface area contributed by atoms with E-state index in [0.29, 0.717) is 0 Å². The molecule has 1 aliphatic carbocycles. The third-order valence-corrected chi connectivity index (χ3v) is 11.5. The van der Waals surface area contributed by atoms with E-state index in [1.54, 1.807) is 0 Å². The van der Waals surface area contributed by atoms with E-state index < -0.39 is 0 Å². The van der Waals surface area contributed by atoms with Crippen LogP contribution in [0.2, 0.25) is 0 Å². The number of rotatable bonds is 8. The van der Waals surface area contributed by atoms with Gasteiger partial charge >= 0.3 is 0 Å². The minimum Gasteiger partial charge on any atom is -0.334 e. The summed E-state index contributed by atoms with van der Waals surface area (Å²) in [7, 11) is 0. The molecule has 0 spiro atoms. The molecule has 57 heavy (non-hydrogen) atoms. The second kappa shape index (κ2) is 14.8. The molecule has 0 saturated heterocycles. The van der Waals surface area contributed by atoms with Crippen molar-refractivity contribution in [2.45, 2.75) is 13.0 Å². The van der Waals surface area contributed by atoms with Crippen molar-refractivity contribution >= 4 is 38.8 Å². The number of anilines is 2. The van der Waals surface area contributed by atoms with Gasteiger partial charge in [-0.05, 0) is 99.0 Å². The third-order valence-electron chi connectivity index (χ3n) is 11.5. The number of hydrogen-bond donors (Lipinski definition) is 0. The molecule has 0 amide bonds. The van der Waals surface area contributed by atoms with Gasteiger partial charge in [-0.25, -0.2) is 0 Å². The molecular formula is C55H42N2. The van der Waals surface area contributed by atoms with Gasteiger partial charge in [0.2, 0.25) is 0 Å². The SMILES string of the molecule is CC1C=C(c2cccc(-n3c4ccccc4c4ccccc43)c2)C=CC1N(c1ccc(-c2ccccc2)cc1)c1ccc(-c2ccccc2-c2ccccc2)cc1. The first-order chi connectivity index (χ1) is 28.2. The lowest BCUT2D eigenvalue weighted by Crippen LogP contribution is -2.35. The monoisotopic (exact) mass is 730 g/mol. The van der Waals surface area contributed by atoms with Crippen molar-refractivity contribution in [1.82, 2.24) is 4.57 Å². The normalized spacial score (nSPS) is 15.1. The average Bonchev–Trinajstić information content (AvgIpc) is 3.63. The maximum atomic E-state index is 2.50. The quantitative estimate of drug-likeness (QED) is 0.151. The summed E-state index contributed by atoms with van der Waals surface area (Å²) < 4.78 is 2.40. The van der Waals surface area contributed by atoms with E-state index in [1.807, 2.05) is 0 Å². The number of hydrogen-bond acceptors (Lipinski definition) is 1. The molecule has 0 bridgehead atoms. The Bertz CT molecular complexity index is 2840. The maximum Gasteiger partial charge on any atom is 0.0585 e. The number of para-hydroxylation sites is 2. The maximum absolute atomic E-state index is 2.50. The van der Waals surface area contributed by atoms with Crippen LogP contribution < -0.4 is 4.90 Å². The minimum absolute atomic E-state index is 0.110. The molecule has 272 valence electrons. The smallest absolute Gasteiger partial charge is 0.0585 e. The fraction of sp³-hybridized carbons (Fsp3) is 0.0545. The lowest BCUT2D eigenvalue weighted by molar-refractivity contribution is 0.611. The van der Waals surface area contributed by atoms with E-state index in [-0.39, 0.29) is 12.0 Å². The van der Waals surface area contributed by atoms with Crippen molar-refractivity contribution in [3.8, 4) is 39.1 Å². The molecule has 1 aromatic heterocycles. The topological polar surface area (TPSA) is 8.17 Å². The first-order valence-corrected chi connectivity index (χ1v) is 19.9. The largest absolute Gasteiger partial charge is 0.334 e. The van der Waals surface area contributed by atoms with E-state index in [1.165, 1.54) is 77.7 Å². The van der Waals surface area contributed by atoms with Gasteiger partial charge in [-0.3, -0.25) is 0 Å². The molecule has 2 nitrogen and oxygen atoms in total. The first-order valence-electron chi connectivity index (χ1n) is 19.9. The number of aromatic nitrogens is 1. The minimum atomic E-state index is 0.110. The Kier molecular flexibility index (Phi) is 8.93. The Hall–Kier alpha value is -7.16. The molecule has 2 atom stereocenters. The van der Waals surface area contributed by atoms with Crippen molar-refractivity contribution in [1.29, 1.82) is 0 Å². The van der Waals surface area contributed by atoms with Crippen LogP contribution in [0.3, 0.4) is 0 Å². The van der Waals surface area contributed by atoms with Gasteiger partial charge < -0.3 is 9.47 Å². The fourth-order valence-electron chi connectivity index (χ4n) is 8.70. The zero-order chi connectivity index (χ0) is 38.1. The van der Waals surface area contributed by atoms with Crippen LogP contribution >= 0.6 is 0 Å². The molecule has 0 aliphatic heterocycles. The van der Waals surface area contributed by atoms with E-state index in [2.05, 4.69) is 241 Å². The van der Waals surface area contributed by atoms with Crippen molar-refractivity contribution in [2.75, 3.05) is 4.90 Å². The Morgan fingerprint density at radius 2 is 0.895 bits per heavy atom. The van der Waals surface area contributed by atoms with Gasteiger partial charge in [0.05, 0.1) is 17.1 Å². The predicted octanol–water partition coefficient (Wildman–Crippen LogP) is 14.6. The van der Waals surface area contributed by atoms with E-state index in [4.69, 9.17) is 0 Å². The molecule has 8 aromatic carbocycles. The molecule has 9 aromatic rings. The fourth-order valence-corrected chi connectivity index (χ4v) is 8.70. The molecule has 0 radical (unpaired) electrons. The number of allylic oxidation sites excluding steroid dienone is 2. The van der Waals surface area contributed by atoms with Crippen molar-refractivity contribution in [3.05, 3.63) is 230 Å². The number of nitrogens with zero attached hydrogens (tertiary/aromatic N) is 2. The summed E-state index contributed by atoms with van der Waals surface area (Å²) in [6.45, 7) is 2.35. The third kappa shape index (κ3) is 6.46. The zero-order valence-corrected chi connectivity index (χ0v) is 31.9. The van der Waals surface area contributed by atoms with Crippen molar-refractivity contribution < 1.29 is 0 Å². The van der Waals surface area contributed by atoms with Gasteiger partial charge in [0.25, 0.3) is 0 Å². The van der Waals surface area contributed by atoms with Crippen LogP contribution in [0.25, 0.3) is 66.4 Å². The number of fused-ring (bicyclic) bond motifs is 3. The van der Waals surface area contributed by atoms with Crippen LogP contribution in [0, 0.1) is 5.92 Å². The highest BCUT2D eigenvalue weighted by atomic mass is 15.2. The second-order valence-electron chi connectivity index (χ2n) is 15.0. The summed E-state index contributed by atoms with van der Waals surface area (Å²) in [4.78, 5) is 2.50. The first kappa shape index (κ1) is 34.3. The van der Waals surface area contributed by atoms with Crippen LogP contribution in [-0.4, -0.2) is 10.6 Å². The molecule has 10 rings (SSSR count). The lowest BCUT2D eigenvalue weighted by atomic mass is 9.88. The molecule has 1 aliphatic rings. The van der Waals surface area contributed by atoms with E-state index in [9.17, 15) is 0 Å². The van der Waals surface area contributed by atoms with Crippen molar-refractivity contribution in [2.24, 2.45) is 5.92 Å². The Morgan fingerprint density at radius 1 is 0.421 bits per heavy atom. The second-order valence-corrected chi connectivity index (χ2v) is 15.0. The van der Waals surface area contributed by atoms with Crippen molar-refractivity contribution in [3.63, 3.8) is 0 Å². The van der Waals surface area contributed by atoms with E-state index in [0.717, 1.165) is 5.69 Å². The Labute approximate surface area is 334 Å². The molecule has 2 heteroatoms. The van der Waals surface area contributed by atoms with Crippen LogP contribution in [-0.2, 0) is 0 Å². The highest BCUT2D eigenvalue weighted by molar-refractivity contribution is 6.09. The van der Waals surface area contributed by atoms with Gasteiger partial charge in [-0.1, -0.05) is 183 Å². The molecule has 2 unspecified atom stereocenters. The van der Waals surface area contributed by atoms with Crippen LogP contribution in [0.1, 0.15) is 12.5 Å². The van der Waals surface area contributed by atoms with Crippen LogP contribution in [0.15, 0.2) is 224 Å². The molecule has 0 N–H and O–H groups in total. The molecule has 0 saturated carbocycles. The Morgan fingerprint density at radius 3 is 1.49 bits per heavy atom.